The molecule has 2 heteroatoms. The SMILES string of the molecule is C=C[Si](Cl)(CCC)CCC. The second-order valence-corrected chi connectivity index (χ2v) is 8.47. The van der Waals surface area contributed by atoms with Crippen LogP contribution in [0.1, 0.15) is 26.7 Å². The first-order valence-corrected chi connectivity index (χ1v) is 7.51. The Hall–Kier alpha value is 0.247. The van der Waals surface area contributed by atoms with Crippen molar-refractivity contribution in [1.82, 2.24) is 0 Å². The standard InChI is InChI=1S/C8H17ClSi/c1-4-7-10(9,6-3)8-5-2/h6H,3-5,7-8H2,1-2H3. The van der Waals surface area contributed by atoms with Gasteiger partial charge < -0.3 is 0 Å². The van der Waals surface area contributed by atoms with Gasteiger partial charge in [0.05, 0.1) is 0 Å². The Morgan fingerprint density at radius 1 is 1.30 bits per heavy atom. The van der Waals surface area contributed by atoms with Gasteiger partial charge >= 0.3 is 0 Å². The van der Waals surface area contributed by atoms with Crippen molar-refractivity contribution in [1.29, 1.82) is 0 Å². The van der Waals surface area contributed by atoms with Gasteiger partial charge in [-0.1, -0.05) is 32.4 Å². The highest BCUT2D eigenvalue weighted by atomic mass is 35.6. The minimum Gasteiger partial charge on any atom is -0.162 e. The minimum atomic E-state index is -1.49. The van der Waals surface area contributed by atoms with Crippen molar-refractivity contribution in [2.24, 2.45) is 0 Å². The van der Waals surface area contributed by atoms with Crippen LogP contribution in [0, 0.1) is 0 Å². The highest BCUT2D eigenvalue weighted by Crippen LogP contribution is 2.24. The Kier molecular flexibility index (Phi) is 5.09. The molecule has 0 fully saturated rings. The summed E-state index contributed by atoms with van der Waals surface area (Å²) in [5.74, 6) is 0. The molecule has 0 saturated heterocycles. The average Bonchev–Trinajstić information content (AvgIpc) is 1.89. The predicted octanol–water partition coefficient (Wildman–Crippen LogP) is 3.72. The zero-order chi connectivity index (χ0) is 8.04. The molecule has 0 aromatic rings. The fourth-order valence-corrected chi connectivity index (χ4v) is 4.61. The van der Waals surface area contributed by atoms with Crippen LogP contribution < -0.4 is 0 Å². The van der Waals surface area contributed by atoms with Gasteiger partial charge in [0.1, 0.15) is 0 Å². The van der Waals surface area contributed by atoms with Crippen molar-refractivity contribution >= 4 is 18.5 Å². The van der Waals surface area contributed by atoms with Crippen LogP contribution in [0.2, 0.25) is 12.1 Å². The Morgan fingerprint density at radius 2 is 1.70 bits per heavy atom. The summed E-state index contributed by atoms with van der Waals surface area (Å²) in [5.41, 5.74) is 2.02. The van der Waals surface area contributed by atoms with Gasteiger partial charge in [-0.25, -0.2) is 0 Å². The summed E-state index contributed by atoms with van der Waals surface area (Å²) in [7, 11) is -1.49. The fraction of sp³-hybridized carbons (Fsp3) is 0.750. The molecule has 0 N–H and O–H groups in total. The van der Waals surface area contributed by atoms with Crippen molar-refractivity contribution in [3.63, 3.8) is 0 Å². The molecular weight excluding hydrogens is 160 g/mol. The van der Waals surface area contributed by atoms with Crippen LogP contribution in [-0.4, -0.2) is 7.38 Å². The van der Waals surface area contributed by atoms with Crippen molar-refractivity contribution in [2.45, 2.75) is 38.8 Å². The van der Waals surface area contributed by atoms with E-state index in [0.717, 1.165) is 0 Å². The molecule has 0 aliphatic carbocycles. The minimum absolute atomic E-state index is 1.19. The van der Waals surface area contributed by atoms with Gasteiger partial charge in [0.25, 0.3) is 0 Å². The van der Waals surface area contributed by atoms with Crippen LogP contribution in [0.5, 0.6) is 0 Å². The summed E-state index contributed by atoms with van der Waals surface area (Å²) < 4.78 is 0. The van der Waals surface area contributed by atoms with Crippen LogP contribution in [-0.2, 0) is 0 Å². The van der Waals surface area contributed by atoms with E-state index in [1.54, 1.807) is 0 Å². The van der Waals surface area contributed by atoms with E-state index < -0.39 is 7.38 Å². The summed E-state index contributed by atoms with van der Waals surface area (Å²) in [5, 5.41) is 0. The van der Waals surface area contributed by atoms with Gasteiger partial charge in [-0.2, -0.15) is 11.1 Å². The van der Waals surface area contributed by atoms with Crippen molar-refractivity contribution in [3.05, 3.63) is 12.3 Å². The first-order chi connectivity index (χ1) is 4.68. The lowest BCUT2D eigenvalue weighted by atomic mass is 10.6. The smallest absolute Gasteiger partial charge is 0.162 e. The molecule has 0 aromatic heterocycles. The first-order valence-electron chi connectivity index (χ1n) is 4.01. The topological polar surface area (TPSA) is 0 Å². The lowest BCUT2D eigenvalue weighted by molar-refractivity contribution is 1.00. The van der Waals surface area contributed by atoms with Gasteiger partial charge in [-0.05, 0) is 12.1 Å². The van der Waals surface area contributed by atoms with Crippen LogP contribution in [0.15, 0.2) is 12.3 Å². The zero-order valence-corrected chi connectivity index (χ0v) is 8.75. The number of halogens is 1. The Balaban J connectivity index is 3.81. The fourth-order valence-electron chi connectivity index (χ4n) is 1.16. The van der Waals surface area contributed by atoms with E-state index in [1.165, 1.54) is 24.9 Å². The molecule has 0 aliphatic heterocycles. The van der Waals surface area contributed by atoms with E-state index in [4.69, 9.17) is 11.1 Å². The van der Waals surface area contributed by atoms with Crippen molar-refractivity contribution < 1.29 is 0 Å². The van der Waals surface area contributed by atoms with E-state index in [9.17, 15) is 0 Å². The molecule has 0 spiro atoms. The molecule has 10 heavy (non-hydrogen) atoms. The van der Waals surface area contributed by atoms with Crippen LogP contribution >= 0.6 is 11.1 Å². The second kappa shape index (κ2) is 4.97. The normalized spacial score (nSPS) is 11.5. The van der Waals surface area contributed by atoms with Crippen LogP contribution in [0.3, 0.4) is 0 Å². The average molecular weight is 177 g/mol. The summed E-state index contributed by atoms with van der Waals surface area (Å²) in [6.07, 6.45) is 2.39. The zero-order valence-electron chi connectivity index (χ0n) is 6.99. The van der Waals surface area contributed by atoms with Gasteiger partial charge in [0.15, 0.2) is 7.38 Å². The van der Waals surface area contributed by atoms with Gasteiger partial charge in [-0.15, -0.1) is 6.58 Å². The third-order valence-corrected chi connectivity index (χ3v) is 6.69. The van der Waals surface area contributed by atoms with E-state index in [-0.39, 0.29) is 0 Å². The molecule has 0 atom stereocenters. The Morgan fingerprint density at radius 3 is 1.90 bits per heavy atom. The van der Waals surface area contributed by atoms with E-state index >= 15 is 0 Å². The van der Waals surface area contributed by atoms with Crippen LogP contribution in [0.25, 0.3) is 0 Å². The third kappa shape index (κ3) is 3.42. The molecule has 60 valence electrons. The van der Waals surface area contributed by atoms with Gasteiger partial charge in [-0.3, -0.25) is 0 Å². The molecular formula is C8H17ClSi. The maximum Gasteiger partial charge on any atom is 0.179 e. The molecule has 0 unspecified atom stereocenters. The monoisotopic (exact) mass is 176 g/mol. The molecule has 0 aromatic carbocycles. The van der Waals surface area contributed by atoms with Gasteiger partial charge in [0.2, 0.25) is 0 Å². The summed E-state index contributed by atoms with van der Waals surface area (Å²) in [4.78, 5) is 0. The molecule has 0 bridgehead atoms. The second-order valence-electron chi connectivity index (χ2n) is 2.74. The van der Waals surface area contributed by atoms with Crippen molar-refractivity contribution in [3.8, 4) is 0 Å². The predicted molar refractivity (Wildman–Crippen MR) is 52.0 cm³/mol. The molecule has 0 rings (SSSR count). The number of hydrogen-bond donors (Lipinski definition) is 0. The maximum absolute atomic E-state index is 6.34. The lowest BCUT2D eigenvalue weighted by Crippen LogP contribution is -2.22. The molecule has 0 aliphatic rings. The summed E-state index contributed by atoms with van der Waals surface area (Å²) in [6.45, 7) is 8.17. The van der Waals surface area contributed by atoms with Crippen LogP contribution in [0.4, 0.5) is 0 Å². The molecule has 0 heterocycles. The first kappa shape index (κ1) is 10.2. The van der Waals surface area contributed by atoms with Crippen molar-refractivity contribution in [2.75, 3.05) is 0 Å². The Bertz CT molecular complexity index is 95.4. The number of rotatable bonds is 5. The van der Waals surface area contributed by atoms with E-state index in [0.29, 0.717) is 0 Å². The highest BCUT2D eigenvalue weighted by molar-refractivity contribution is 7.23. The van der Waals surface area contributed by atoms with Gasteiger partial charge in [0, 0.05) is 0 Å². The molecule has 0 radical (unpaired) electrons. The molecule has 0 nitrogen and oxygen atoms in total. The maximum atomic E-state index is 6.34. The lowest BCUT2D eigenvalue weighted by Gasteiger charge is -2.17. The number of hydrogen-bond acceptors (Lipinski definition) is 0. The molecule has 0 saturated carbocycles. The largest absolute Gasteiger partial charge is 0.179 e. The summed E-state index contributed by atoms with van der Waals surface area (Å²) in [6, 6.07) is 2.37. The third-order valence-electron chi connectivity index (χ3n) is 1.70. The highest BCUT2D eigenvalue weighted by Gasteiger charge is 2.23. The molecule has 0 amide bonds. The quantitative estimate of drug-likeness (QED) is 0.443. The Labute approximate surface area is 70.0 Å². The van der Waals surface area contributed by atoms with E-state index in [2.05, 4.69) is 20.4 Å². The summed E-state index contributed by atoms with van der Waals surface area (Å²) >= 11 is 6.34. The van der Waals surface area contributed by atoms with E-state index in [1.807, 2.05) is 5.70 Å².